The van der Waals surface area contributed by atoms with E-state index in [1.807, 2.05) is 30.2 Å². The average Bonchev–Trinajstić information content (AvgIpc) is 2.60. The highest BCUT2D eigenvalue weighted by atomic mass is 35.5. The molecule has 0 saturated carbocycles. The van der Waals surface area contributed by atoms with E-state index in [9.17, 15) is 14.9 Å². The lowest BCUT2D eigenvalue weighted by Gasteiger charge is -2.38. The van der Waals surface area contributed by atoms with Crippen molar-refractivity contribution in [3.8, 4) is 0 Å². The van der Waals surface area contributed by atoms with Gasteiger partial charge in [0, 0.05) is 40.5 Å². The summed E-state index contributed by atoms with van der Waals surface area (Å²) in [5.74, 6) is -0.153. The number of carbonyl (C=O) groups is 1. The number of allylic oxidation sites excluding steroid dienone is 1. The van der Waals surface area contributed by atoms with E-state index in [1.54, 1.807) is 31.2 Å². The molecule has 128 valence electrons. The van der Waals surface area contributed by atoms with Crippen LogP contribution in [0.25, 0.3) is 0 Å². The van der Waals surface area contributed by atoms with Gasteiger partial charge >= 0.3 is 0 Å². The van der Waals surface area contributed by atoms with Gasteiger partial charge < -0.3 is 4.90 Å². The van der Waals surface area contributed by atoms with E-state index in [-0.39, 0.29) is 23.4 Å². The smallest absolute Gasteiger partial charge is 0.269 e. The van der Waals surface area contributed by atoms with Crippen molar-refractivity contribution in [2.45, 2.75) is 19.9 Å². The number of nitro groups is 1. The van der Waals surface area contributed by atoms with Crippen LogP contribution in [-0.4, -0.2) is 10.7 Å². The maximum Gasteiger partial charge on any atom is 0.269 e. The molecule has 2 atom stereocenters. The zero-order valence-electron chi connectivity index (χ0n) is 13.8. The number of rotatable bonds is 3. The first-order valence-electron chi connectivity index (χ1n) is 7.89. The minimum Gasteiger partial charge on any atom is -0.339 e. The summed E-state index contributed by atoms with van der Waals surface area (Å²) in [6.07, 6.45) is 1.81. The van der Waals surface area contributed by atoms with Crippen LogP contribution in [0.2, 0.25) is 5.02 Å². The highest BCUT2D eigenvalue weighted by Gasteiger charge is 2.35. The number of halogens is 1. The van der Waals surface area contributed by atoms with E-state index in [2.05, 4.69) is 0 Å². The molecule has 1 aliphatic rings. The number of nitro benzene ring substituents is 1. The normalized spacial score (nSPS) is 20.4. The molecule has 25 heavy (non-hydrogen) atoms. The third-order valence-electron chi connectivity index (χ3n) is 4.48. The predicted octanol–water partition coefficient (Wildman–Crippen LogP) is 4.92. The van der Waals surface area contributed by atoms with Crippen molar-refractivity contribution in [2.24, 2.45) is 5.92 Å². The van der Waals surface area contributed by atoms with Crippen LogP contribution in [0.5, 0.6) is 0 Å². The van der Waals surface area contributed by atoms with Crippen molar-refractivity contribution in [3.63, 3.8) is 0 Å². The van der Waals surface area contributed by atoms with Crippen LogP contribution in [0.15, 0.2) is 60.3 Å². The van der Waals surface area contributed by atoms with Gasteiger partial charge in [-0.25, -0.2) is 0 Å². The van der Waals surface area contributed by atoms with Gasteiger partial charge in [-0.3, -0.25) is 14.9 Å². The Morgan fingerprint density at radius 2 is 1.68 bits per heavy atom. The van der Waals surface area contributed by atoms with Gasteiger partial charge in [-0.15, -0.1) is 0 Å². The van der Waals surface area contributed by atoms with Crippen LogP contribution in [0, 0.1) is 16.0 Å². The van der Waals surface area contributed by atoms with Gasteiger partial charge in [0.05, 0.1) is 11.0 Å². The average molecular weight is 357 g/mol. The number of hydrogen-bond donors (Lipinski definition) is 0. The van der Waals surface area contributed by atoms with E-state index in [0.717, 1.165) is 11.3 Å². The highest BCUT2D eigenvalue weighted by Crippen LogP contribution is 2.39. The molecular weight excluding hydrogens is 340 g/mol. The van der Waals surface area contributed by atoms with Gasteiger partial charge in [0.1, 0.15) is 0 Å². The molecule has 1 aliphatic heterocycles. The van der Waals surface area contributed by atoms with Crippen LogP contribution >= 0.6 is 11.6 Å². The Kier molecular flexibility index (Phi) is 4.59. The summed E-state index contributed by atoms with van der Waals surface area (Å²) in [5.41, 5.74) is 2.46. The number of nitrogens with zero attached hydrogens (tertiary/aromatic N) is 2. The molecule has 0 aliphatic carbocycles. The molecule has 2 aromatic carbocycles. The van der Waals surface area contributed by atoms with Gasteiger partial charge in [-0.1, -0.05) is 30.7 Å². The Morgan fingerprint density at radius 1 is 1.08 bits per heavy atom. The van der Waals surface area contributed by atoms with Crippen LogP contribution in [0.1, 0.15) is 25.5 Å². The third kappa shape index (κ3) is 3.28. The molecular formula is C19H17ClN2O3. The molecule has 0 spiro atoms. The predicted molar refractivity (Wildman–Crippen MR) is 97.7 cm³/mol. The summed E-state index contributed by atoms with van der Waals surface area (Å²) >= 11 is 5.98. The SMILES string of the molecule is CC1=CN(c2ccc([N+](=O)[O-])cc2)C(c2ccc(Cl)cc2)C(C)C1=O. The van der Waals surface area contributed by atoms with Crippen molar-refractivity contribution in [1.82, 2.24) is 0 Å². The van der Waals surface area contributed by atoms with Crippen molar-refractivity contribution in [1.29, 1.82) is 0 Å². The number of carbonyl (C=O) groups excluding carboxylic acids is 1. The molecule has 2 unspecified atom stereocenters. The summed E-state index contributed by atoms with van der Waals surface area (Å²) in [4.78, 5) is 24.9. The number of non-ortho nitro benzene ring substituents is 1. The maximum atomic E-state index is 12.5. The van der Waals surface area contributed by atoms with Gasteiger partial charge in [0.2, 0.25) is 0 Å². The molecule has 0 saturated heterocycles. The lowest BCUT2D eigenvalue weighted by Crippen LogP contribution is -2.37. The van der Waals surface area contributed by atoms with Crippen molar-refractivity contribution in [3.05, 3.63) is 81.0 Å². The molecule has 0 radical (unpaired) electrons. The molecule has 0 fully saturated rings. The molecule has 2 aromatic rings. The Bertz CT molecular complexity index is 844. The lowest BCUT2D eigenvalue weighted by molar-refractivity contribution is -0.384. The quantitative estimate of drug-likeness (QED) is 0.578. The summed E-state index contributed by atoms with van der Waals surface area (Å²) in [7, 11) is 0. The van der Waals surface area contributed by atoms with Crippen molar-refractivity contribution in [2.75, 3.05) is 4.90 Å². The topological polar surface area (TPSA) is 63.4 Å². The standard InChI is InChI=1S/C19H17ClN2O3/c1-12-11-21(16-7-9-17(10-8-16)22(24)25)18(13(2)19(12)23)14-3-5-15(20)6-4-14/h3-11,13,18H,1-2H3. The fourth-order valence-corrected chi connectivity index (χ4v) is 3.31. The van der Waals surface area contributed by atoms with Gasteiger partial charge in [0.25, 0.3) is 5.69 Å². The number of ketones is 1. The first-order chi connectivity index (χ1) is 11.9. The monoisotopic (exact) mass is 356 g/mol. The number of anilines is 1. The second kappa shape index (κ2) is 6.69. The van der Waals surface area contributed by atoms with Gasteiger partial charge in [0.15, 0.2) is 5.78 Å². The van der Waals surface area contributed by atoms with Crippen molar-refractivity contribution >= 4 is 28.8 Å². The summed E-state index contributed by atoms with van der Waals surface area (Å²) < 4.78 is 0. The highest BCUT2D eigenvalue weighted by molar-refractivity contribution is 6.30. The van der Waals surface area contributed by atoms with Crippen LogP contribution in [0.4, 0.5) is 11.4 Å². The molecule has 5 nitrogen and oxygen atoms in total. The van der Waals surface area contributed by atoms with E-state index in [4.69, 9.17) is 11.6 Å². The zero-order valence-corrected chi connectivity index (χ0v) is 14.6. The fraction of sp³-hybridized carbons (Fsp3) is 0.211. The van der Waals surface area contributed by atoms with E-state index in [1.165, 1.54) is 12.1 Å². The van der Waals surface area contributed by atoms with Crippen LogP contribution in [-0.2, 0) is 4.79 Å². The number of benzene rings is 2. The van der Waals surface area contributed by atoms with Crippen molar-refractivity contribution < 1.29 is 9.72 Å². The third-order valence-corrected chi connectivity index (χ3v) is 4.73. The van der Waals surface area contributed by atoms with Gasteiger partial charge in [-0.2, -0.15) is 0 Å². The Hall–Kier alpha value is -2.66. The molecule has 0 amide bonds. The molecule has 3 rings (SSSR count). The minimum atomic E-state index is -0.427. The maximum absolute atomic E-state index is 12.5. The Balaban J connectivity index is 2.07. The Labute approximate surface area is 150 Å². The summed E-state index contributed by atoms with van der Waals surface area (Å²) in [6.45, 7) is 3.69. The van der Waals surface area contributed by atoms with Crippen LogP contribution < -0.4 is 4.90 Å². The summed E-state index contributed by atoms with van der Waals surface area (Å²) in [5, 5.41) is 11.5. The fourth-order valence-electron chi connectivity index (χ4n) is 3.19. The first kappa shape index (κ1) is 17.2. The first-order valence-corrected chi connectivity index (χ1v) is 8.27. The molecule has 1 heterocycles. The lowest BCUT2D eigenvalue weighted by atomic mass is 9.84. The van der Waals surface area contributed by atoms with E-state index in [0.29, 0.717) is 10.6 Å². The number of hydrogen-bond acceptors (Lipinski definition) is 4. The second-order valence-corrected chi connectivity index (χ2v) is 6.58. The Morgan fingerprint density at radius 3 is 2.24 bits per heavy atom. The zero-order chi connectivity index (χ0) is 18.1. The minimum absolute atomic E-state index is 0.0358. The molecule has 6 heteroatoms. The molecule has 0 N–H and O–H groups in total. The van der Waals surface area contributed by atoms with E-state index >= 15 is 0 Å². The second-order valence-electron chi connectivity index (χ2n) is 6.14. The molecule has 0 bridgehead atoms. The molecule has 0 aromatic heterocycles. The number of Topliss-reactive ketones (excluding diaryl/α,β-unsaturated/α-hetero) is 1. The van der Waals surface area contributed by atoms with Gasteiger partial charge in [-0.05, 0) is 36.8 Å². The van der Waals surface area contributed by atoms with Crippen LogP contribution in [0.3, 0.4) is 0 Å². The summed E-state index contributed by atoms with van der Waals surface area (Å²) in [6, 6.07) is 13.6. The van der Waals surface area contributed by atoms with E-state index < -0.39 is 4.92 Å². The largest absolute Gasteiger partial charge is 0.339 e.